The van der Waals surface area contributed by atoms with Crippen LogP contribution in [0.4, 0.5) is 26.3 Å². The molecule has 152 valence electrons. The molecule has 0 unspecified atom stereocenters. The Labute approximate surface area is 161 Å². The van der Waals surface area contributed by atoms with Gasteiger partial charge in [0.05, 0.1) is 15.8 Å². The van der Waals surface area contributed by atoms with E-state index in [2.05, 4.69) is 4.99 Å². The molecule has 1 amide bonds. The molecule has 0 fully saturated rings. The molecule has 3 rings (SSSR count). The summed E-state index contributed by atoms with van der Waals surface area (Å²) in [6.07, 6.45) is -4.71. The lowest BCUT2D eigenvalue weighted by atomic mass is 10.1. The van der Waals surface area contributed by atoms with Crippen molar-refractivity contribution in [1.29, 1.82) is 0 Å². The number of carbonyl (C=O) groups is 2. The number of carboxylic acids is 1. The van der Waals surface area contributed by atoms with Crippen molar-refractivity contribution in [2.24, 2.45) is 4.99 Å². The van der Waals surface area contributed by atoms with Crippen LogP contribution in [0, 0.1) is 17.5 Å². The van der Waals surface area contributed by atoms with Crippen molar-refractivity contribution in [2.45, 2.75) is 12.7 Å². The molecule has 1 heterocycles. The van der Waals surface area contributed by atoms with Crippen LogP contribution >= 0.6 is 11.3 Å². The third kappa shape index (κ3) is 4.01. The van der Waals surface area contributed by atoms with Gasteiger partial charge >= 0.3 is 12.1 Å². The first-order chi connectivity index (χ1) is 13.5. The van der Waals surface area contributed by atoms with Crippen molar-refractivity contribution in [3.05, 3.63) is 63.7 Å². The number of rotatable bonds is 3. The van der Waals surface area contributed by atoms with Gasteiger partial charge in [0.1, 0.15) is 6.54 Å². The number of amides is 1. The monoisotopic (exact) mass is 434 g/mol. The quantitative estimate of drug-likeness (QED) is 0.501. The predicted octanol–water partition coefficient (Wildman–Crippen LogP) is 3.96. The van der Waals surface area contributed by atoms with Gasteiger partial charge in [0.2, 0.25) is 0 Å². The highest BCUT2D eigenvalue weighted by molar-refractivity contribution is 7.16. The molecule has 0 aliphatic carbocycles. The minimum atomic E-state index is -4.71. The minimum absolute atomic E-state index is 0.356. The molecular formula is C17H8F6N2O3S. The van der Waals surface area contributed by atoms with Crippen molar-refractivity contribution in [3.63, 3.8) is 0 Å². The van der Waals surface area contributed by atoms with E-state index in [0.717, 1.165) is 22.8 Å². The fourth-order valence-corrected chi connectivity index (χ4v) is 3.50. The first kappa shape index (κ1) is 20.6. The number of hydrogen-bond donors (Lipinski definition) is 1. The maximum absolute atomic E-state index is 14.0. The van der Waals surface area contributed by atoms with Crippen molar-refractivity contribution in [1.82, 2.24) is 4.57 Å². The van der Waals surface area contributed by atoms with Gasteiger partial charge in [0.25, 0.3) is 5.91 Å². The SMILES string of the molecule is O=C(O)Cn1/c(=N/C(=O)c2cccc(C(F)(F)F)c2)sc2c(F)c(F)c(F)cc21. The summed E-state index contributed by atoms with van der Waals surface area (Å²) in [7, 11) is 0. The third-order valence-corrected chi connectivity index (χ3v) is 4.83. The lowest BCUT2D eigenvalue weighted by Gasteiger charge is -2.06. The molecule has 3 aromatic rings. The predicted molar refractivity (Wildman–Crippen MR) is 88.7 cm³/mol. The number of carboxylic acid groups (broad SMARTS) is 1. The van der Waals surface area contributed by atoms with Crippen molar-refractivity contribution in [2.75, 3.05) is 0 Å². The van der Waals surface area contributed by atoms with Crippen molar-refractivity contribution >= 4 is 33.4 Å². The number of aliphatic carboxylic acids is 1. The summed E-state index contributed by atoms with van der Waals surface area (Å²) < 4.78 is 79.7. The molecule has 1 N–H and O–H groups in total. The summed E-state index contributed by atoms with van der Waals surface area (Å²) in [4.78, 5) is 26.5. The highest BCUT2D eigenvalue weighted by Gasteiger charge is 2.31. The zero-order chi connectivity index (χ0) is 21.5. The molecule has 2 aromatic carbocycles. The number of benzene rings is 2. The Morgan fingerprint density at radius 2 is 1.79 bits per heavy atom. The molecule has 12 heteroatoms. The van der Waals surface area contributed by atoms with Crippen LogP contribution in [-0.4, -0.2) is 21.6 Å². The highest BCUT2D eigenvalue weighted by atomic mass is 32.1. The number of fused-ring (bicyclic) bond motifs is 1. The molecule has 0 aliphatic heterocycles. The van der Waals surface area contributed by atoms with E-state index in [-0.39, 0.29) is 5.52 Å². The maximum Gasteiger partial charge on any atom is 0.416 e. The van der Waals surface area contributed by atoms with E-state index >= 15 is 0 Å². The molecule has 0 radical (unpaired) electrons. The van der Waals surface area contributed by atoms with Gasteiger partial charge in [-0.25, -0.2) is 13.2 Å². The Bertz CT molecular complexity index is 1210. The van der Waals surface area contributed by atoms with Crippen LogP contribution in [0.1, 0.15) is 15.9 Å². The lowest BCUT2D eigenvalue weighted by Crippen LogP contribution is -2.21. The number of halogens is 6. The molecule has 0 bridgehead atoms. The summed E-state index contributed by atoms with van der Waals surface area (Å²) in [6, 6.07) is 3.85. The van der Waals surface area contributed by atoms with Gasteiger partial charge < -0.3 is 9.67 Å². The third-order valence-electron chi connectivity index (χ3n) is 3.74. The van der Waals surface area contributed by atoms with Gasteiger partial charge in [-0.15, -0.1) is 0 Å². The number of nitrogens with zero attached hydrogens (tertiary/aromatic N) is 2. The van der Waals surface area contributed by atoms with Crippen LogP contribution in [0.2, 0.25) is 0 Å². The van der Waals surface area contributed by atoms with E-state index in [1.165, 1.54) is 0 Å². The van der Waals surface area contributed by atoms with Crippen LogP contribution in [-0.2, 0) is 17.5 Å². The summed E-state index contributed by atoms with van der Waals surface area (Å²) >= 11 is 0.356. The summed E-state index contributed by atoms with van der Waals surface area (Å²) in [5, 5.41) is 9.01. The number of alkyl halides is 3. The van der Waals surface area contributed by atoms with Gasteiger partial charge in [0, 0.05) is 11.6 Å². The average molecular weight is 434 g/mol. The second kappa shape index (κ2) is 7.35. The van der Waals surface area contributed by atoms with Crippen LogP contribution in [0.5, 0.6) is 0 Å². The van der Waals surface area contributed by atoms with E-state index in [1.807, 2.05) is 0 Å². The fourth-order valence-electron chi connectivity index (χ4n) is 2.46. The smallest absolute Gasteiger partial charge is 0.416 e. The largest absolute Gasteiger partial charge is 0.480 e. The van der Waals surface area contributed by atoms with Gasteiger partial charge in [-0.1, -0.05) is 17.4 Å². The molecule has 0 saturated heterocycles. The highest BCUT2D eigenvalue weighted by Crippen LogP contribution is 2.30. The van der Waals surface area contributed by atoms with Crippen LogP contribution in [0.15, 0.2) is 35.3 Å². The lowest BCUT2D eigenvalue weighted by molar-refractivity contribution is -0.138. The molecule has 5 nitrogen and oxygen atoms in total. The molecule has 0 spiro atoms. The van der Waals surface area contributed by atoms with Gasteiger partial charge in [-0.05, 0) is 18.2 Å². The Morgan fingerprint density at radius 1 is 1.10 bits per heavy atom. The Morgan fingerprint density at radius 3 is 2.41 bits per heavy atom. The fraction of sp³-hybridized carbons (Fsp3) is 0.118. The van der Waals surface area contributed by atoms with Crippen LogP contribution in [0.25, 0.3) is 10.2 Å². The molecule has 1 aromatic heterocycles. The average Bonchev–Trinajstić information content (AvgIpc) is 2.96. The molecule has 0 atom stereocenters. The first-order valence-electron chi connectivity index (χ1n) is 7.64. The van der Waals surface area contributed by atoms with E-state index in [0.29, 0.717) is 23.5 Å². The van der Waals surface area contributed by atoms with E-state index in [4.69, 9.17) is 5.11 Å². The van der Waals surface area contributed by atoms with Gasteiger partial charge in [-0.3, -0.25) is 9.59 Å². The molecular weight excluding hydrogens is 426 g/mol. The Hall–Kier alpha value is -3.15. The Kier molecular flexibility index (Phi) is 5.22. The number of carbonyl (C=O) groups excluding carboxylic acids is 1. The number of thiazole rings is 1. The number of aromatic nitrogens is 1. The summed E-state index contributed by atoms with van der Waals surface area (Å²) in [6.45, 7) is -0.876. The zero-order valence-corrected chi connectivity index (χ0v) is 14.7. The molecule has 29 heavy (non-hydrogen) atoms. The second-order valence-electron chi connectivity index (χ2n) is 5.69. The second-order valence-corrected chi connectivity index (χ2v) is 6.67. The summed E-state index contributed by atoms with van der Waals surface area (Å²) in [5.41, 5.74) is -1.94. The van der Waals surface area contributed by atoms with Gasteiger partial charge in [0.15, 0.2) is 22.3 Å². The zero-order valence-electron chi connectivity index (χ0n) is 13.9. The van der Waals surface area contributed by atoms with Crippen molar-refractivity contribution in [3.8, 4) is 0 Å². The first-order valence-corrected chi connectivity index (χ1v) is 8.45. The van der Waals surface area contributed by atoms with Crippen LogP contribution < -0.4 is 4.80 Å². The van der Waals surface area contributed by atoms with E-state index in [1.54, 1.807) is 0 Å². The summed E-state index contributed by atoms with van der Waals surface area (Å²) in [5.74, 6) is -7.61. The maximum atomic E-state index is 14.0. The van der Waals surface area contributed by atoms with E-state index in [9.17, 15) is 35.9 Å². The molecule has 0 aliphatic rings. The standard InChI is InChI=1S/C17H8F6N2O3S/c18-9-5-10-14(13(20)12(9)19)29-16(25(10)6-11(26)27)24-15(28)7-2-1-3-8(4-7)17(21,22)23/h1-5H,6H2,(H,26,27)/b24-16-. The van der Waals surface area contributed by atoms with Crippen molar-refractivity contribution < 1.29 is 41.0 Å². The van der Waals surface area contributed by atoms with Gasteiger partial charge in [-0.2, -0.15) is 18.2 Å². The number of hydrogen-bond acceptors (Lipinski definition) is 3. The van der Waals surface area contributed by atoms with Crippen LogP contribution in [0.3, 0.4) is 0 Å². The normalized spacial score (nSPS) is 12.6. The van der Waals surface area contributed by atoms with E-state index < -0.39 is 62.7 Å². The Balaban J connectivity index is 2.20. The topological polar surface area (TPSA) is 71.7 Å². The minimum Gasteiger partial charge on any atom is -0.480 e. The molecule has 0 saturated carbocycles.